The Labute approximate surface area is 232 Å². The zero-order valence-corrected chi connectivity index (χ0v) is 22.7. The molecular formula is C19H23N7O14P2. The van der Waals surface area contributed by atoms with Gasteiger partial charge >= 0.3 is 21.3 Å². The summed E-state index contributed by atoms with van der Waals surface area (Å²) in [4.78, 5) is 58.8. The van der Waals surface area contributed by atoms with E-state index in [1.807, 2.05) is 4.98 Å². The Morgan fingerprint density at radius 2 is 1.57 bits per heavy atom. The van der Waals surface area contributed by atoms with Gasteiger partial charge in [-0.15, -0.1) is 0 Å². The van der Waals surface area contributed by atoms with Crippen LogP contribution in [0, 0.1) is 0 Å². The lowest BCUT2D eigenvalue weighted by Gasteiger charge is -2.25. The van der Waals surface area contributed by atoms with E-state index in [1.165, 1.54) is 10.9 Å². The molecule has 3 aliphatic heterocycles. The molecule has 0 amide bonds. The van der Waals surface area contributed by atoms with Gasteiger partial charge in [-0.3, -0.25) is 37.0 Å². The molecule has 23 heteroatoms. The number of aromatic nitrogens is 6. The number of nitrogens with two attached hydrogens (primary N) is 1. The minimum Gasteiger partial charge on any atom is -0.387 e. The van der Waals surface area contributed by atoms with Crippen LogP contribution in [0.5, 0.6) is 0 Å². The van der Waals surface area contributed by atoms with Crippen LogP contribution in [0.3, 0.4) is 0 Å². The number of ether oxygens (including phenoxy) is 2. The number of imidazole rings is 1. The standard InChI is InChI=1S/C19H23N7O14P2/c20-15-10-16(22-5-21-15)26(6-23-10)17-12(29)13-8(38-17)4-36-42(33,34)40-14-11(28)7(3-35-41(31,32)39-13)37-18(14)25-2-1-9(27)24-19(25)30/h1-2,5-8,11-14,17-18,28-29H,3-4H2,(H,31,32)(H,33,34)(H2,20,21,22)(H,24,27,30)/t7-,8-,11-,12-,13-,14-,17-,18-/m1/s1. The normalized spacial score (nSPS) is 39.3. The first-order valence-corrected chi connectivity index (χ1v) is 15.1. The number of phosphoric ester groups is 2. The number of hydrogen-bond acceptors (Lipinski definition) is 16. The third-order valence-corrected chi connectivity index (χ3v) is 8.69. The van der Waals surface area contributed by atoms with Crippen LogP contribution in [0.2, 0.25) is 0 Å². The quantitative estimate of drug-likeness (QED) is 0.158. The van der Waals surface area contributed by atoms with Crippen LogP contribution in [0.25, 0.3) is 11.2 Å². The number of rotatable bonds is 2. The van der Waals surface area contributed by atoms with Crippen LogP contribution in [0.4, 0.5) is 5.82 Å². The van der Waals surface area contributed by atoms with E-state index in [-0.39, 0.29) is 17.0 Å². The Bertz CT molecular complexity index is 1710. The topological polar surface area (TPSA) is 295 Å². The number of hydrogen-bond donors (Lipinski definition) is 6. The molecule has 0 aliphatic carbocycles. The van der Waals surface area contributed by atoms with E-state index in [2.05, 4.69) is 15.0 Å². The van der Waals surface area contributed by atoms with Crippen molar-refractivity contribution in [1.82, 2.24) is 29.1 Å². The van der Waals surface area contributed by atoms with E-state index in [9.17, 15) is 38.7 Å². The molecule has 2 unspecified atom stereocenters. The summed E-state index contributed by atoms with van der Waals surface area (Å²) in [6.07, 6.45) is -9.62. The van der Waals surface area contributed by atoms with E-state index in [0.717, 1.165) is 23.2 Å². The summed E-state index contributed by atoms with van der Waals surface area (Å²) in [5.74, 6) is 0.0291. The first-order chi connectivity index (χ1) is 19.8. The van der Waals surface area contributed by atoms with E-state index in [1.54, 1.807) is 0 Å². The molecule has 7 N–H and O–H groups in total. The average molecular weight is 635 g/mol. The van der Waals surface area contributed by atoms with E-state index in [0.29, 0.717) is 0 Å². The molecule has 228 valence electrons. The summed E-state index contributed by atoms with van der Waals surface area (Å²) in [5.41, 5.74) is 4.34. The van der Waals surface area contributed by atoms with Gasteiger partial charge in [-0.2, -0.15) is 0 Å². The molecule has 0 radical (unpaired) electrons. The van der Waals surface area contributed by atoms with E-state index >= 15 is 0 Å². The zero-order chi connectivity index (χ0) is 30.0. The molecule has 0 saturated carbocycles. The molecule has 42 heavy (non-hydrogen) atoms. The van der Waals surface area contributed by atoms with Gasteiger partial charge in [0.1, 0.15) is 48.5 Å². The molecule has 0 aromatic carbocycles. The Morgan fingerprint density at radius 3 is 2.29 bits per heavy atom. The van der Waals surface area contributed by atoms with Crippen LogP contribution in [0.1, 0.15) is 12.5 Å². The molecule has 3 fully saturated rings. The summed E-state index contributed by atoms with van der Waals surface area (Å²) in [6.45, 7) is -1.70. The van der Waals surface area contributed by atoms with Crippen LogP contribution in [-0.2, 0) is 36.7 Å². The second-order valence-corrected chi connectivity index (χ2v) is 12.2. The fraction of sp³-hybridized carbons (Fsp3) is 0.526. The number of fused-ring (bicyclic) bond motifs is 4. The molecule has 3 aliphatic rings. The van der Waals surface area contributed by atoms with Crippen molar-refractivity contribution in [3.8, 4) is 0 Å². The molecule has 2 bridgehead atoms. The SMILES string of the molecule is Nc1ncnc2c1ncn2[C@@H]1O[C@@H]2COP(=O)(O)O[C@@H]3[C@H](O)[C@@H](COP(=O)(O)O[C@H]2[C@H]1O)O[C@H]3n1ccc(=O)[nH]c1=O. The van der Waals surface area contributed by atoms with Crippen LogP contribution in [0.15, 0.2) is 34.5 Å². The van der Waals surface area contributed by atoms with Crippen molar-refractivity contribution in [3.05, 3.63) is 45.8 Å². The first-order valence-electron chi connectivity index (χ1n) is 12.1. The Kier molecular flexibility index (Phi) is 7.41. The van der Waals surface area contributed by atoms with Crippen molar-refractivity contribution in [1.29, 1.82) is 0 Å². The highest BCUT2D eigenvalue weighted by Crippen LogP contribution is 2.53. The fourth-order valence-corrected chi connectivity index (χ4v) is 6.69. The van der Waals surface area contributed by atoms with Crippen molar-refractivity contribution in [3.63, 3.8) is 0 Å². The first kappa shape index (κ1) is 29.2. The number of aliphatic hydroxyl groups is 2. The lowest BCUT2D eigenvalue weighted by Crippen LogP contribution is -2.39. The summed E-state index contributed by atoms with van der Waals surface area (Å²) in [6, 6.07) is 0.949. The van der Waals surface area contributed by atoms with Crippen molar-refractivity contribution >= 4 is 32.6 Å². The minimum atomic E-state index is -5.12. The van der Waals surface area contributed by atoms with Gasteiger partial charge in [0.25, 0.3) is 5.56 Å². The molecular weight excluding hydrogens is 612 g/mol. The number of H-pyrrole nitrogens is 1. The number of nitrogens with zero attached hydrogens (tertiary/aromatic N) is 5. The largest absolute Gasteiger partial charge is 0.472 e. The molecule has 10 atom stereocenters. The third-order valence-electron chi connectivity index (χ3n) is 6.72. The lowest BCUT2D eigenvalue weighted by atomic mass is 10.1. The second kappa shape index (κ2) is 10.7. The Morgan fingerprint density at radius 1 is 0.905 bits per heavy atom. The predicted octanol–water partition coefficient (Wildman–Crippen LogP) is -2.51. The molecule has 3 aromatic rings. The maximum absolute atomic E-state index is 13.0. The number of aromatic amines is 1. The average Bonchev–Trinajstić information content (AvgIpc) is 3.57. The highest BCUT2D eigenvalue weighted by Gasteiger charge is 2.53. The molecule has 3 aromatic heterocycles. The summed E-state index contributed by atoms with van der Waals surface area (Å²) >= 11 is 0. The number of anilines is 1. The minimum absolute atomic E-state index is 0.0291. The van der Waals surface area contributed by atoms with Gasteiger partial charge in [-0.1, -0.05) is 0 Å². The lowest BCUT2D eigenvalue weighted by molar-refractivity contribution is -0.0694. The van der Waals surface area contributed by atoms with Gasteiger partial charge in [-0.25, -0.2) is 28.9 Å². The smallest absolute Gasteiger partial charge is 0.387 e. The zero-order valence-electron chi connectivity index (χ0n) is 20.9. The van der Waals surface area contributed by atoms with Gasteiger partial charge < -0.3 is 35.2 Å². The van der Waals surface area contributed by atoms with Gasteiger partial charge in [0.05, 0.1) is 19.5 Å². The number of aliphatic hydroxyl groups excluding tert-OH is 2. The van der Waals surface area contributed by atoms with Gasteiger partial charge in [-0.05, 0) is 0 Å². The van der Waals surface area contributed by atoms with Crippen molar-refractivity contribution in [2.24, 2.45) is 0 Å². The van der Waals surface area contributed by atoms with Crippen molar-refractivity contribution in [2.45, 2.75) is 49.1 Å². The van der Waals surface area contributed by atoms with Crippen molar-refractivity contribution in [2.75, 3.05) is 18.9 Å². The summed E-state index contributed by atoms with van der Waals surface area (Å²) < 4.78 is 59.7. The van der Waals surface area contributed by atoms with Crippen LogP contribution in [-0.4, -0.2) is 98.9 Å². The number of phosphoric acid groups is 2. The molecule has 6 heterocycles. The number of nitrogen functional groups attached to an aromatic ring is 1. The summed E-state index contributed by atoms with van der Waals surface area (Å²) in [5, 5.41) is 21.8. The second-order valence-electron chi connectivity index (χ2n) is 9.38. The Hall–Kier alpha value is -2.91. The fourth-order valence-electron chi connectivity index (χ4n) is 4.79. The third kappa shape index (κ3) is 5.34. The predicted molar refractivity (Wildman–Crippen MR) is 132 cm³/mol. The van der Waals surface area contributed by atoms with E-state index in [4.69, 9.17) is 33.3 Å². The highest BCUT2D eigenvalue weighted by atomic mass is 31.2. The van der Waals surface area contributed by atoms with Crippen LogP contribution < -0.4 is 17.0 Å². The highest BCUT2D eigenvalue weighted by molar-refractivity contribution is 7.47. The van der Waals surface area contributed by atoms with Crippen molar-refractivity contribution < 1.29 is 56.7 Å². The van der Waals surface area contributed by atoms with Gasteiger partial charge in [0, 0.05) is 12.3 Å². The molecule has 21 nitrogen and oxygen atoms in total. The maximum atomic E-state index is 13.0. The molecule has 3 saturated heterocycles. The molecule has 6 rings (SSSR count). The Balaban J connectivity index is 1.31. The van der Waals surface area contributed by atoms with Crippen LogP contribution >= 0.6 is 15.6 Å². The maximum Gasteiger partial charge on any atom is 0.472 e. The molecule has 0 spiro atoms. The summed E-state index contributed by atoms with van der Waals surface area (Å²) in [7, 11) is -10.2. The number of nitrogens with one attached hydrogen (secondary N) is 1. The van der Waals surface area contributed by atoms with Gasteiger partial charge in [0.15, 0.2) is 23.9 Å². The van der Waals surface area contributed by atoms with Gasteiger partial charge in [0.2, 0.25) is 0 Å². The van der Waals surface area contributed by atoms with E-state index < -0.39 is 89.2 Å². The monoisotopic (exact) mass is 635 g/mol.